The van der Waals surface area contributed by atoms with E-state index < -0.39 is 5.82 Å². The van der Waals surface area contributed by atoms with E-state index in [1.165, 1.54) is 6.07 Å². The van der Waals surface area contributed by atoms with Gasteiger partial charge in [0.25, 0.3) is 0 Å². The number of benzene rings is 1. The van der Waals surface area contributed by atoms with Gasteiger partial charge in [-0.2, -0.15) is 0 Å². The van der Waals surface area contributed by atoms with Crippen LogP contribution in [0.3, 0.4) is 0 Å². The van der Waals surface area contributed by atoms with Crippen molar-refractivity contribution in [3.05, 3.63) is 34.9 Å². The Morgan fingerprint density at radius 3 is 2.81 bits per heavy atom. The molecule has 0 aliphatic carbocycles. The van der Waals surface area contributed by atoms with Crippen molar-refractivity contribution in [2.75, 3.05) is 0 Å². The molecule has 0 unspecified atom stereocenters. The van der Waals surface area contributed by atoms with Crippen molar-refractivity contribution in [2.24, 2.45) is 0 Å². The van der Waals surface area contributed by atoms with E-state index in [-0.39, 0.29) is 5.02 Å². The van der Waals surface area contributed by atoms with Gasteiger partial charge in [0.15, 0.2) is 11.6 Å². The van der Waals surface area contributed by atoms with Crippen LogP contribution in [0.4, 0.5) is 4.39 Å². The number of aromatic nitrogens is 3. The van der Waals surface area contributed by atoms with E-state index in [0.717, 1.165) is 5.82 Å². The molecule has 0 saturated carbocycles. The zero-order valence-electron chi connectivity index (χ0n) is 9.04. The molecule has 0 bridgehead atoms. The average molecular weight is 240 g/mol. The first-order chi connectivity index (χ1) is 7.65. The standard InChI is InChI=1S/C11H11ClFN3/c1-3-16-7(2)14-15-11(16)8-5-4-6-9(12)10(8)13/h4-6H,3H2,1-2H3. The third-order valence-corrected chi connectivity index (χ3v) is 2.74. The molecular weight excluding hydrogens is 229 g/mol. The molecule has 0 fully saturated rings. The van der Waals surface area contributed by atoms with Crippen LogP contribution in [0.2, 0.25) is 5.02 Å². The Morgan fingerprint density at radius 2 is 2.12 bits per heavy atom. The van der Waals surface area contributed by atoms with E-state index in [9.17, 15) is 4.39 Å². The minimum absolute atomic E-state index is 0.0980. The Hall–Kier alpha value is -1.42. The molecule has 1 aromatic heterocycles. The number of hydrogen-bond acceptors (Lipinski definition) is 2. The topological polar surface area (TPSA) is 30.7 Å². The zero-order valence-corrected chi connectivity index (χ0v) is 9.79. The molecule has 0 N–H and O–H groups in total. The summed E-state index contributed by atoms with van der Waals surface area (Å²) >= 11 is 5.73. The summed E-state index contributed by atoms with van der Waals surface area (Å²) in [6, 6.07) is 4.86. The van der Waals surface area contributed by atoms with Gasteiger partial charge in [-0.05, 0) is 26.0 Å². The highest BCUT2D eigenvalue weighted by atomic mass is 35.5. The maximum absolute atomic E-state index is 13.8. The first kappa shape index (κ1) is 11.1. The van der Waals surface area contributed by atoms with Gasteiger partial charge in [0.05, 0.1) is 10.6 Å². The lowest BCUT2D eigenvalue weighted by Gasteiger charge is -2.06. The first-order valence-corrected chi connectivity index (χ1v) is 5.37. The van der Waals surface area contributed by atoms with Crippen LogP contribution in [0.1, 0.15) is 12.7 Å². The highest BCUT2D eigenvalue weighted by molar-refractivity contribution is 6.31. The lowest BCUT2D eigenvalue weighted by molar-refractivity contribution is 0.627. The third kappa shape index (κ3) is 1.69. The molecule has 0 radical (unpaired) electrons. The molecule has 0 spiro atoms. The Bertz CT molecular complexity index is 522. The Morgan fingerprint density at radius 1 is 1.38 bits per heavy atom. The van der Waals surface area contributed by atoms with Crippen molar-refractivity contribution in [3.8, 4) is 11.4 Å². The van der Waals surface area contributed by atoms with Gasteiger partial charge >= 0.3 is 0 Å². The number of rotatable bonds is 2. The highest BCUT2D eigenvalue weighted by Gasteiger charge is 2.15. The Balaban J connectivity index is 2.63. The minimum Gasteiger partial charge on any atom is -0.311 e. The molecule has 1 aromatic carbocycles. The van der Waals surface area contributed by atoms with Crippen LogP contribution < -0.4 is 0 Å². The fourth-order valence-electron chi connectivity index (χ4n) is 1.64. The normalized spacial score (nSPS) is 10.8. The van der Waals surface area contributed by atoms with Gasteiger partial charge in [-0.1, -0.05) is 17.7 Å². The van der Waals surface area contributed by atoms with Gasteiger partial charge in [-0.25, -0.2) is 4.39 Å². The molecule has 3 nitrogen and oxygen atoms in total. The molecule has 0 aliphatic heterocycles. The lowest BCUT2D eigenvalue weighted by atomic mass is 10.2. The van der Waals surface area contributed by atoms with Crippen LogP contribution in [-0.4, -0.2) is 14.8 Å². The van der Waals surface area contributed by atoms with E-state index >= 15 is 0 Å². The van der Waals surface area contributed by atoms with Gasteiger partial charge in [-0.3, -0.25) is 0 Å². The molecule has 0 aliphatic rings. The van der Waals surface area contributed by atoms with Crippen molar-refractivity contribution in [3.63, 3.8) is 0 Å². The van der Waals surface area contributed by atoms with E-state index in [1.54, 1.807) is 12.1 Å². The van der Waals surface area contributed by atoms with E-state index in [4.69, 9.17) is 11.6 Å². The molecule has 2 aromatic rings. The number of halogens is 2. The second-order valence-electron chi connectivity index (χ2n) is 3.42. The number of nitrogens with zero attached hydrogens (tertiary/aromatic N) is 3. The van der Waals surface area contributed by atoms with Crippen LogP contribution in [0, 0.1) is 12.7 Å². The predicted molar refractivity (Wildman–Crippen MR) is 60.8 cm³/mol. The van der Waals surface area contributed by atoms with Crippen molar-refractivity contribution >= 4 is 11.6 Å². The molecule has 0 amide bonds. The Labute approximate surface area is 97.9 Å². The van der Waals surface area contributed by atoms with Crippen LogP contribution in [0.15, 0.2) is 18.2 Å². The Kier molecular flexibility index (Phi) is 2.92. The number of aryl methyl sites for hydroxylation is 1. The summed E-state index contributed by atoms with van der Waals surface area (Å²) in [5, 5.41) is 8.01. The molecule has 1 heterocycles. The van der Waals surface area contributed by atoms with Gasteiger partial charge in [-0.15, -0.1) is 10.2 Å². The van der Waals surface area contributed by atoms with Crippen molar-refractivity contribution in [1.29, 1.82) is 0 Å². The van der Waals surface area contributed by atoms with Crippen molar-refractivity contribution < 1.29 is 4.39 Å². The first-order valence-electron chi connectivity index (χ1n) is 4.99. The van der Waals surface area contributed by atoms with Gasteiger partial charge < -0.3 is 4.57 Å². The van der Waals surface area contributed by atoms with Crippen molar-refractivity contribution in [2.45, 2.75) is 20.4 Å². The highest BCUT2D eigenvalue weighted by Crippen LogP contribution is 2.26. The summed E-state index contributed by atoms with van der Waals surface area (Å²) in [7, 11) is 0. The molecule has 16 heavy (non-hydrogen) atoms. The molecule has 84 valence electrons. The maximum atomic E-state index is 13.8. The van der Waals surface area contributed by atoms with Gasteiger partial charge in [0.1, 0.15) is 5.82 Å². The molecule has 5 heteroatoms. The van der Waals surface area contributed by atoms with Crippen LogP contribution in [0.5, 0.6) is 0 Å². The summed E-state index contributed by atoms with van der Waals surface area (Å²) in [5.74, 6) is 0.822. The molecule has 2 rings (SSSR count). The second-order valence-corrected chi connectivity index (χ2v) is 3.82. The lowest BCUT2D eigenvalue weighted by Crippen LogP contribution is -2.01. The molecule has 0 atom stereocenters. The fourth-order valence-corrected chi connectivity index (χ4v) is 1.81. The summed E-state index contributed by atoms with van der Waals surface area (Å²) in [4.78, 5) is 0. The zero-order chi connectivity index (χ0) is 11.7. The van der Waals surface area contributed by atoms with Gasteiger partial charge in [0, 0.05) is 6.54 Å². The number of hydrogen-bond donors (Lipinski definition) is 0. The van der Waals surface area contributed by atoms with E-state index in [0.29, 0.717) is 17.9 Å². The maximum Gasteiger partial charge on any atom is 0.166 e. The van der Waals surface area contributed by atoms with Crippen LogP contribution in [-0.2, 0) is 6.54 Å². The monoisotopic (exact) mass is 239 g/mol. The average Bonchev–Trinajstić information content (AvgIpc) is 2.63. The third-order valence-electron chi connectivity index (χ3n) is 2.44. The largest absolute Gasteiger partial charge is 0.311 e. The summed E-state index contributed by atoms with van der Waals surface area (Å²) in [5.41, 5.74) is 0.384. The SMILES string of the molecule is CCn1c(C)nnc1-c1cccc(Cl)c1F. The van der Waals surface area contributed by atoms with Crippen LogP contribution >= 0.6 is 11.6 Å². The molecule has 0 saturated heterocycles. The summed E-state index contributed by atoms with van der Waals surface area (Å²) < 4.78 is 15.6. The van der Waals surface area contributed by atoms with E-state index in [2.05, 4.69) is 10.2 Å². The second kappa shape index (κ2) is 4.22. The smallest absolute Gasteiger partial charge is 0.166 e. The fraction of sp³-hybridized carbons (Fsp3) is 0.273. The summed E-state index contributed by atoms with van der Waals surface area (Å²) in [6.07, 6.45) is 0. The van der Waals surface area contributed by atoms with Crippen LogP contribution in [0.25, 0.3) is 11.4 Å². The van der Waals surface area contributed by atoms with E-state index in [1.807, 2.05) is 18.4 Å². The van der Waals surface area contributed by atoms with Gasteiger partial charge in [0.2, 0.25) is 0 Å². The molecular formula is C11H11ClFN3. The quantitative estimate of drug-likeness (QED) is 0.806. The minimum atomic E-state index is -0.453. The van der Waals surface area contributed by atoms with Crippen molar-refractivity contribution in [1.82, 2.24) is 14.8 Å². The summed E-state index contributed by atoms with van der Waals surface area (Å²) in [6.45, 7) is 4.49. The predicted octanol–water partition coefficient (Wildman–Crippen LogP) is 3.07.